The topological polar surface area (TPSA) is 58.6 Å². The molecule has 1 saturated heterocycles. The third-order valence-electron chi connectivity index (χ3n) is 5.29. The monoisotopic (exact) mass is 466 g/mol. The van der Waals surface area contributed by atoms with Gasteiger partial charge >= 0.3 is 0 Å². The van der Waals surface area contributed by atoms with E-state index < -0.39 is 10.0 Å². The Hall–Kier alpha value is -1.57. The summed E-state index contributed by atoms with van der Waals surface area (Å²) in [6.07, 6.45) is 2.43. The SMILES string of the molecule is COc1ccc(Br)cc1S(=O)(=O)NC(C)c1ccc(N2CCC(C)CC2)cc1. The van der Waals surface area contributed by atoms with E-state index >= 15 is 0 Å². The molecule has 5 nitrogen and oxygen atoms in total. The molecule has 1 heterocycles. The standard InChI is InChI=1S/C21H27BrN2O3S/c1-15-10-12-24(13-11-15)19-7-4-17(5-8-19)16(2)23-28(25,26)21-14-18(22)6-9-20(21)27-3/h4-9,14-16,23H,10-13H2,1-3H3. The molecule has 0 spiro atoms. The predicted octanol–water partition coefficient (Wildman–Crippen LogP) is 4.73. The summed E-state index contributed by atoms with van der Waals surface area (Å²) in [7, 11) is -2.26. The van der Waals surface area contributed by atoms with Gasteiger partial charge in [0.15, 0.2) is 0 Å². The van der Waals surface area contributed by atoms with Gasteiger partial charge in [0.2, 0.25) is 10.0 Å². The van der Waals surface area contributed by atoms with Crippen LogP contribution >= 0.6 is 15.9 Å². The fourth-order valence-electron chi connectivity index (χ4n) is 3.47. The normalized spacial score (nSPS) is 16.8. The van der Waals surface area contributed by atoms with Crippen LogP contribution in [0.25, 0.3) is 0 Å². The van der Waals surface area contributed by atoms with Crippen LogP contribution in [0.5, 0.6) is 5.75 Å². The Labute approximate surface area is 176 Å². The number of nitrogens with zero attached hydrogens (tertiary/aromatic N) is 1. The molecule has 0 saturated carbocycles. The Bertz CT molecular complexity index is 908. The minimum atomic E-state index is -3.73. The molecule has 0 amide bonds. The molecule has 28 heavy (non-hydrogen) atoms. The molecule has 0 aromatic heterocycles. The van der Waals surface area contributed by atoms with Crippen LogP contribution in [0.3, 0.4) is 0 Å². The smallest absolute Gasteiger partial charge is 0.244 e. The molecule has 3 rings (SSSR count). The number of hydrogen-bond acceptors (Lipinski definition) is 4. The molecule has 7 heteroatoms. The quantitative estimate of drug-likeness (QED) is 0.667. The lowest BCUT2D eigenvalue weighted by Gasteiger charge is -2.32. The van der Waals surface area contributed by atoms with Crippen molar-refractivity contribution >= 4 is 31.6 Å². The van der Waals surface area contributed by atoms with Gasteiger partial charge in [0, 0.05) is 29.3 Å². The molecular weight excluding hydrogens is 440 g/mol. The average molecular weight is 467 g/mol. The van der Waals surface area contributed by atoms with Crippen molar-refractivity contribution in [2.24, 2.45) is 5.92 Å². The van der Waals surface area contributed by atoms with E-state index in [-0.39, 0.29) is 10.9 Å². The van der Waals surface area contributed by atoms with Gasteiger partial charge in [0.1, 0.15) is 10.6 Å². The van der Waals surface area contributed by atoms with Crippen molar-refractivity contribution in [3.05, 3.63) is 52.5 Å². The molecule has 0 aliphatic carbocycles. The lowest BCUT2D eigenvalue weighted by Crippen LogP contribution is -2.32. The Morgan fingerprint density at radius 2 is 1.79 bits per heavy atom. The van der Waals surface area contributed by atoms with E-state index in [1.165, 1.54) is 25.6 Å². The van der Waals surface area contributed by atoms with E-state index in [1.54, 1.807) is 18.2 Å². The van der Waals surface area contributed by atoms with Gasteiger partial charge in [-0.05, 0) is 61.6 Å². The molecule has 1 aliphatic rings. The number of nitrogens with one attached hydrogen (secondary N) is 1. The molecule has 0 radical (unpaired) electrons. The number of halogens is 1. The number of methoxy groups -OCH3 is 1. The number of anilines is 1. The number of rotatable bonds is 6. The van der Waals surface area contributed by atoms with Gasteiger partial charge in [-0.15, -0.1) is 0 Å². The van der Waals surface area contributed by atoms with Crippen molar-refractivity contribution < 1.29 is 13.2 Å². The highest BCUT2D eigenvalue weighted by Gasteiger charge is 2.23. The van der Waals surface area contributed by atoms with E-state index in [9.17, 15) is 8.42 Å². The predicted molar refractivity (Wildman–Crippen MR) is 116 cm³/mol. The van der Waals surface area contributed by atoms with Crippen LogP contribution in [0.2, 0.25) is 0 Å². The number of ether oxygens (including phenoxy) is 1. The van der Waals surface area contributed by atoms with Crippen molar-refractivity contribution in [3.63, 3.8) is 0 Å². The van der Waals surface area contributed by atoms with E-state index in [0.29, 0.717) is 10.2 Å². The van der Waals surface area contributed by atoms with Crippen molar-refractivity contribution in [3.8, 4) is 5.75 Å². The number of hydrogen-bond donors (Lipinski definition) is 1. The van der Waals surface area contributed by atoms with Gasteiger partial charge < -0.3 is 9.64 Å². The maximum Gasteiger partial charge on any atom is 0.244 e. The van der Waals surface area contributed by atoms with Crippen molar-refractivity contribution in [2.75, 3.05) is 25.1 Å². The van der Waals surface area contributed by atoms with Crippen LogP contribution in [-0.2, 0) is 10.0 Å². The fourth-order valence-corrected chi connectivity index (χ4v) is 5.40. The highest BCUT2D eigenvalue weighted by Crippen LogP contribution is 2.29. The molecule has 1 aliphatic heterocycles. The van der Waals surface area contributed by atoms with Crippen molar-refractivity contribution in [2.45, 2.75) is 37.6 Å². The maximum absolute atomic E-state index is 12.9. The molecule has 2 aromatic rings. The zero-order valence-electron chi connectivity index (χ0n) is 16.5. The summed E-state index contributed by atoms with van der Waals surface area (Å²) >= 11 is 3.33. The molecule has 2 aromatic carbocycles. The van der Waals surface area contributed by atoms with Gasteiger partial charge in [0.05, 0.1) is 7.11 Å². The van der Waals surface area contributed by atoms with E-state index in [0.717, 1.165) is 24.6 Å². The van der Waals surface area contributed by atoms with Crippen molar-refractivity contribution in [1.82, 2.24) is 4.72 Å². The summed E-state index contributed by atoms with van der Waals surface area (Å²) in [5, 5.41) is 0. The van der Waals surface area contributed by atoms with E-state index in [4.69, 9.17) is 4.74 Å². The van der Waals surface area contributed by atoms with E-state index in [1.807, 2.05) is 19.1 Å². The third kappa shape index (κ3) is 4.88. The van der Waals surface area contributed by atoms with Gasteiger partial charge in [-0.3, -0.25) is 0 Å². The molecule has 0 bridgehead atoms. The van der Waals surface area contributed by atoms with Crippen molar-refractivity contribution in [1.29, 1.82) is 0 Å². The molecule has 1 N–H and O–H groups in total. The minimum Gasteiger partial charge on any atom is -0.495 e. The maximum atomic E-state index is 12.9. The summed E-state index contributed by atoms with van der Waals surface area (Å²) in [6, 6.07) is 12.7. The van der Waals surface area contributed by atoms with E-state index in [2.05, 4.69) is 44.6 Å². The highest BCUT2D eigenvalue weighted by atomic mass is 79.9. The third-order valence-corrected chi connectivity index (χ3v) is 7.34. The Balaban J connectivity index is 1.74. The van der Waals surface area contributed by atoms with Crippen LogP contribution in [0.15, 0.2) is 51.8 Å². The molecule has 152 valence electrons. The summed E-state index contributed by atoms with van der Waals surface area (Å²) in [5.41, 5.74) is 2.12. The molecule has 1 atom stereocenters. The first kappa shape index (κ1) is 21.1. The molecule has 1 fully saturated rings. The summed E-state index contributed by atoms with van der Waals surface area (Å²) in [4.78, 5) is 2.51. The number of sulfonamides is 1. The van der Waals surface area contributed by atoms with Crippen LogP contribution in [0.4, 0.5) is 5.69 Å². The first-order valence-electron chi connectivity index (χ1n) is 9.51. The number of piperidine rings is 1. The summed E-state index contributed by atoms with van der Waals surface area (Å²) < 4.78 is 34.4. The zero-order valence-corrected chi connectivity index (χ0v) is 18.9. The fraction of sp³-hybridized carbons (Fsp3) is 0.429. The highest BCUT2D eigenvalue weighted by molar-refractivity contribution is 9.10. The summed E-state index contributed by atoms with van der Waals surface area (Å²) in [6.45, 7) is 6.30. The van der Waals surface area contributed by atoms with Crippen LogP contribution in [0, 0.1) is 5.92 Å². The van der Waals surface area contributed by atoms with Crippen LogP contribution in [0.1, 0.15) is 38.3 Å². The second-order valence-electron chi connectivity index (χ2n) is 7.40. The second-order valence-corrected chi connectivity index (χ2v) is 10.00. The minimum absolute atomic E-state index is 0.121. The summed E-state index contributed by atoms with van der Waals surface area (Å²) in [5.74, 6) is 1.11. The average Bonchev–Trinajstić information content (AvgIpc) is 2.68. The lowest BCUT2D eigenvalue weighted by atomic mass is 9.98. The molecule has 1 unspecified atom stereocenters. The second kappa shape index (κ2) is 8.84. The first-order valence-corrected chi connectivity index (χ1v) is 11.8. The molecular formula is C21H27BrN2O3S. The first-order chi connectivity index (χ1) is 13.3. The Morgan fingerprint density at radius 3 is 2.39 bits per heavy atom. The zero-order chi connectivity index (χ0) is 20.3. The van der Waals surface area contributed by atoms with Crippen LogP contribution in [-0.4, -0.2) is 28.6 Å². The van der Waals surface area contributed by atoms with Gasteiger partial charge in [0.25, 0.3) is 0 Å². The number of benzene rings is 2. The Kier molecular flexibility index (Phi) is 6.68. The largest absolute Gasteiger partial charge is 0.495 e. The van der Waals surface area contributed by atoms with Gasteiger partial charge in [-0.25, -0.2) is 13.1 Å². The Morgan fingerprint density at radius 1 is 1.14 bits per heavy atom. The van der Waals surface area contributed by atoms with Gasteiger partial charge in [-0.2, -0.15) is 0 Å². The van der Waals surface area contributed by atoms with Crippen LogP contribution < -0.4 is 14.4 Å². The lowest BCUT2D eigenvalue weighted by molar-refractivity contribution is 0.402. The van der Waals surface area contributed by atoms with Gasteiger partial charge in [-0.1, -0.05) is 35.0 Å².